The van der Waals surface area contributed by atoms with Gasteiger partial charge in [-0.25, -0.2) is 13.2 Å². The van der Waals surface area contributed by atoms with Crippen LogP contribution in [0, 0.1) is 41.9 Å². The monoisotopic (exact) mass is 504 g/mol. The van der Waals surface area contributed by atoms with Gasteiger partial charge in [-0.1, -0.05) is 25.1 Å². The molecule has 0 N–H and O–H groups in total. The quantitative estimate of drug-likeness (QED) is 0.286. The Kier molecular flexibility index (Phi) is 8.17. The molecule has 0 aliphatic heterocycles. The molecule has 0 spiro atoms. The van der Waals surface area contributed by atoms with Gasteiger partial charge in [-0.3, -0.25) is 0 Å². The first-order chi connectivity index (χ1) is 17.3. The van der Waals surface area contributed by atoms with E-state index in [4.69, 9.17) is 9.47 Å². The Morgan fingerprint density at radius 3 is 2.06 bits per heavy atom. The third-order valence-corrected chi connectivity index (χ3v) is 6.82. The smallest absolute Gasteiger partial charge is 0.201 e. The molecule has 4 rings (SSSR count). The molecule has 0 atom stereocenters. The van der Waals surface area contributed by atoms with Crippen LogP contribution in [0.15, 0.2) is 42.5 Å². The van der Waals surface area contributed by atoms with Crippen molar-refractivity contribution in [2.75, 3.05) is 13.2 Å². The van der Waals surface area contributed by atoms with E-state index in [1.54, 1.807) is 6.07 Å². The summed E-state index contributed by atoms with van der Waals surface area (Å²) < 4.78 is 82.5. The van der Waals surface area contributed by atoms with Crippen molar-refractivity contribution in [1.82, 2.24) is 0 Å². The second kappa shape index (κ2) is 11.3. The van der Waals surface area contributed by atoms with E-state index in [1.165, 1.54) is 43.3 Å². The lowest BCUT2D eigenvalue weighted by molar-refractivity contribution is 0.192. The minimum absolute atomic E-state index is 0.00775. The summed E-state index contributed by atoms with van der Waals surface area (Å²) in [6.07, 6.45) is 3.80. The van der Waals surface area contributed by atoms with Crippen LogP contribution in [0.2, 0.25) is 0 Å². The van der Waals surface area contributed by atoms with Gasteiger partial charge in [0.25, 0.3) is 0 Å². The van der Waals surface area contributed by atoms with Crippen molar-refractivity contribution in [2.24, 2.45) is 5.92 Å². The van der Waals surface area contributed by atoms with Crippen molar-refractivity contribution in [3.05, 3.63) is 82.7 Å². The number of aryl methyl sites for hydroxylation is 1. The third kappa shape index (κ3) is 5.50. The van der Waals surface area contributed by atoms with E-state index in [2.05, 4.69) is 0 Å². The van der Waals surface area contributed by atoms with E-state index in [0.29, 0.717) is 6.42 Å². The zero-order valence-electron chi connectivity index (χ0n) is 20.4. The van der Waals surface area contributed by atoms with Crippen LogP contribution in [0.5, 0.6) is 11.5 Å². The first-order valence-corrected chi connectivity index (χ1v) is 12.3. The van der Waals surface area contributed by atoms with Crippen molar-refractivity contribution in [3.8, 4) is 22.6 Å². The molecule has 7 heteroatoms. The average Bonchev–Trinajstić information content (AvgIpc) is 2.88. The lowest BCUT2D eigenvalue weighted by Gasteiger charge is -2.29. The average molecular weight is 505 g/mol. The van der Waals surface area contributed by atoms with Gasteiger partial charge in [0.2, 0.25) is 11.6 Å². The maximum Gasteiger partial charge on any atom is 0.201 e. The normalized spacial score (nSPS) is 17.8. The topological polar surface area (TPSA) is 18.5 Å². The summed E-state index contributed by atoms with van der Waals surface area (Å²) >= 11 is 0. The molecule has 0 saturated heterocycles. The van der Waals surface area contributed by atoms with Crippen LogP contribution >= 0.6 is 0 Å². The lowest BCUT2D eigenvalue weighted by Crippen LogP contribution is -2.19. The molecule has 1 saturated carbocycles. The summed E-state index contributed by atoms with van der Waals surface area (Å²) in [6, 6.07) is 10.2. The molecule has 1 aliphatic rings. The van der Waals surface area contributed by atoms with E-state index in [0.717, 1.165) is 31.2 Å². The molecule has 3 aromatic rings. The van der Waals surface area contributed by atoms with Gasteiger partial charge in [0.05, 0.1) is 13.2 Å². The van der Waals surface area contributed by atoms with E-state index in [-0.39, 0.29) is 53.2 Å². The highest BCUT2D eigenvalue weighted by molar-refractivity contribution is 5.66. The van der Waals surface area contributed by atoms with Crippen molar-refractivity contribution in [2.45, 2.75) is 51.9 Å². The molecule has 0 aromatic heterocycles. The maximum absolute atomic E-state index is 15.0. The molecule has 1 aliphatic carbocycles. The fourth-order valence-corrected chi connectivity index (χ4v) is 4.68. The Hall–Kier alpha value is -3.09. The lowest BCUT2D eigenvalue weighted by atomic mass is 9.78. The van der Waals surface area contributed by atoms with Gasteiger partial charge in [0.1, 0.15) is 5.82 Å². The Morgan fingerprint density at radius 2 is 1.36 bits per heavy atom. The molecule has 0 bridgehead atoms. The number of ether oxygens (including phenoxy) is 2. The zero-order valence-corrected chi connectivity index (χ0v) is 20.4. The standard InChI is InChI=1S/C29H29F5O2/c1-3-14-35-24-13-11-22(27(32)29(24)34)21-10-9-20(15-23(21)30)19-7-5-18(6-8-19)16-36-25-12-4-17(2)26(31)28(25)33/h4,9-13,15,18-19H,3,5-8,14,16H2,1-2H3. The number of halogens is 5. The number of rotatable bonds is 8. The molecule has 0 heterocycles. The van der Waals surface area contributed by atoms with Gasteiger partial charge >= 0.3 is 0 Å². The molecular weight excluding hydrogens is 475 g/mol. The first kappa shape index (κ1) is 26.0. The largest absolute Gasteiger partial charge is 0.490 e. The molecular formula is C29H29F5O2. The van der Waals surface area contributed by atoms with E-state index in [9.17, 15) is 22.0 Å². The van der Waals surface area contributed by atoms with Gasteiger partial charge in [0, 0.05) is 11.1 Å². The minimum Gasteiger partial charge on any atom is -0.490 e. The zero-order chi connectivity index (χ0) is 25.8. The summed E-state index contributed by atoms with van der Waals surface area (Å²) in [4.78, 5) is 0. The van der Waals surface area contributed by atoms with Crippen LogP contribution in [0.4, 0.5) is 22.0 Å². The van der Waals surface area contributed by atoms with Crippen molar-refractivity contribution in [3.63, 3.8) is 0 Å². The van der Waals surface area contributed by atoms with Crippen molar-refractivity contribution in [1.29, 1.82) is 0 Å². The van der Waals surface area contributed by atoms with Crippen LogP contribution in [0.1, 0.15) is 56.1 Å². The minimum atomic E-state index is -1.14. The molecule has 2 nitrogen and oxygen atoms in total. The van der Waals surface area contributed by atoms with Gasteiger partial charge in [-0.05, 0) is 86.3 Å². The second-order valence-corrected chi connectivity index (χ2v) is 9.36. The summed E-state index contributed by atoms with van der Waals surface area (Å²) in [5.74, 6) is -4.74. The Labute approximate surface area is 208 Å². The summed E-state index contributed by atoms with van der Waals surface area (Å²) in [5.41, 5.74) is 0.864. The van der Waals surface area contributed by atoms with Gasteiger partial charge in [-0.2, -0.15) is 8.78 Å². The number of hydrogen-bond acceptors (Lipinski definition) is 2. The molecule has 0 unspecified atom stereocenters. The van der Waals surface area contributed by atoms with Crippen LogP contribution in [0.25, 0.3) is 11.1 Å². The highest BCUT2D eigenvalue weighted by Gasteiger charge is 2.25. The van der Waals surface area contributed by atoms with Crippen LogP contribution in [0.3, 0.4) is 0 Å². The fraction of sp³-hybridized carbons (Fsp3) is 0.379. The molecule has 1 fully saturated rings. The molecule has 0 amide bonds. The highest BCUT2D eigenvalue weighted by Crippen LogP contribution is 2.38. The SMILES string of the molecule is CCCOc1ccc(-c2ccc(C3CCC(COc4ccc(C)c(F)c4F)CC3)cc2F)c(F)c1F. The fourth-order valence-electron chi connectivity index (χ4n) is 4.68. The van der Waals surface area contributed by atoms with Gasteiger partial charge in [-0.15, -0.1) is 0 Å². The Bertz CT molecular complexity index is 1220. The summed E-state index contributed by atoms with van der Waals surface area (Å²) in [5, 5.41) is 0. The highest BCUT2D eigenvalue weighted by atomic mass is 19.2. The molecule has 192 valence electrons. The Morgan fingerprint density at radius 1 is 0.722 bits per heavy atom. The van der Waals surface area contributed by atoms with E-state index in [1.807, 2.05) is 6.92 Å². The van der Waals surface area contributed by atoms with Gasteiger partial charge in [0.15, 0.2) is 23.1 Å². The predicted molar refractivity (Wildman–Crippen MR) is 129 cm³/mol. The van der Waals surface area contributed by atoms with Crippen molar-refractivity contribution < 1.29 is 31.4 Å². The van der Waals surface area contributed by atoms with E-state index >= 15 is 0 Å². The summed E-state index contributed by atoms with van der Waals surface area (Å²) in [7, 11) is 0. The third-order valence-electron chi connectivity index (χ3n) is 6.82. The number of benzene rings is 3. The van der Waals surface area contributed by atoms with Crippen LogP contribution in [-0.2, 0) is 0 Å². The predicted octanol–water partition coefficient (Wildman–Crippen LogP) is 8.50. The van der Waals surface area contributed by atoms with Crippen LogP contribution in [-0.4, -0.2) is 13.2 Å². The summed E-state index contributed by atoms with van der Waals surface area (Å²) in [6.45, 7) is 3.89. The van der Waals surface area contributed by atoms with E-state index < -0.39 is 29.1 Å². The molecule has 0 radical (unpaired) electrons. The van der Waals surface area contributed by atoms with Crippen LogP contribution < -0.4 is 9.47 Å². The second-order valence-electron chi connectivity index (χ2n) is 9.36. The first-order valence-electron chi connectivity index (χ1n) is 12.3. The number of hydrogen-bond donors (Lipinski definition) is 0. The Balaban J connectivity index is 1.38. The molecule has 36 heavy (non-hydrogen) atoms. The maximum atomic E-state index is 15.0. The van der Waals surface area contributed by atoms with Crippen molar-refractivity contribution >= 4 is 0 Å². The van der Waals surface area contributed by atoms with Gasteiger partial charge < -0.3 is 9.47 Å². The molecule has 3 aromatic carbocycles.